The van der Waals surface area contributed by atoms with E-state index in [-0.39, 0.29) is 6.04 Å². The van der Waals surface area contributed by atoms with Crippen LogP contribution in [0.3, 0.4) is 0 Å². The summed E-state index contributed by atoms with van der Waals surface area (Å²) in [7, 11) is 0. The van der Waals surface area contributed by atoms with Crippen molar-refractivity contribution in [2.24, 2.45) is 5.73 Å². The smallest absolute Gasteiger partial charge is 0.0992 e. The van der Waals surface area contributed by atoms with Crippen LogP contribution in [0.2, 0.25) is 0 Å². The second-order valence-corrected chi connectivity index (χ2v) is 2.98. The zero-order valence-corrected chi connectivity index (χ0v) is 8.12. The van der Waals surface area contributed by atoms with Gasteiger partial charge in [0.2, 0.25) is 0 Å². The van der Waals surface area contributed by atoms with Crippen LogP contribution in [0.15, 0.2) is 24.3 Å². The predicted molar refractivity (Wildman–Crippen MR) is 56.3 cm³/mol. The van der Waals surface area contributed by atoms with E-state index in [0.717, 1.165) is 12.0 Å². The molecule has 2 nitrogen and oxygen atoms in total. The van der Waals surface area contributed by atoms with E-state index in [2.05, 4.69) is 17.9 Å². The molecule has 0 amide bonds. The number of benzene rings is 1. The summed E-state index contributed by atoms with van der Waals surface area (Å²) in [5.74, 6) is 5.86. The summed E-state index contributed by atoms with van der Waals surface area (Å²) in [6.07, 6.45) is 0.838. The number of nitrogens with zero attached hydrogens (tertiary/aromatic N) is 1. The monoisotopic (exact) mass is 184 g/mol. The molecule has 1 unspecified atom stereocenters. The molecule has 1 rings (SSSR count). The van der Waals surface area contributed by atoms with Gasteiger partial charge in [0.1, 0.15) is 0 Å². The minimum Gasteiger partial charge on any atom is -0.318 e. The molecule has 14 heavy (non-hydrogen) atoms. The van der Waals surface area contributed by atoms with Gasteiger partial charge < -0.3 is 5.73 Å². The Bertz CT molecular complexity index is 404. The third-order valence-corrected chi connectivity index (χ3v) is 1.83. The van der Waals surface area contributed by atoms with E-state index in [0.29, 0.717) is 5.56 Å². The fraction of sp³-hybridized carbons (Fsp3) is 0.250. The molecule has 0 radical (unpaired) electrons. The Labute approximate surface area is 84.4 Å². The number of nitrogens with two attached hydrogens (primary N) is 1. The van der Waals surface area contributed by atoms with Crippen LogP contribution in [0.25, 0.3) is 0 Å². The van der Waals surface area contributed by atoms with Gasteiger partial charge in [-0.2, -0.15) is 5.26 Å². The van der Waals surface area contributed by atoms with Gasteiger partial charge in [-0.25, -0.2) is 0 Å². The first-order chi connectivity index (χ1) is 6.76. The highest BCUT2D eigenvalue weighted by Crippen LogP contribution is 2.02. The Balaban J connectivity index is 2.86. The third kappa shape index (κ3) is 2.94. The maximum absolute atomic E-state index is 8.66. The molecule has 70 valence electrons. The van der Waals surface area contributed by atoms with E-state index in [4.69, 9.17) is 11.0 Å². The van der Waals surface area contributed by atoms with Crippen LogP contribution in [0.1, 0.15) is 24.5 Å². The maximum atomic E-state index is 8.66. The van der Waals surface area contributed by atoms with Crippen molar-refractivity contribution in [3.05, 3.63) is 35.4 Å². The highest BCUT2D eigenvalue weighted by atomic mass is 14.6. The zero-order valence-electron chi connectivity index (χ0n) is 8.12. The Morgan fingerprint density at radius 1 is 1.43 bits per heavy atom. The first-order valence-corrected chi connectivity index (χ1v) is 4.53. The molecule has 0 bridgehead atoms. The van der Waals surface area contributed by atoms with Gasteiger partial charge >= 0.3 is 0 Å². The summed E-state index contributed by atoms with van der Waals surface area (Å²) in [4.78, 5) is 0. The molecule has 1 aromatic rings. The van der Waals surface area contributed by atoms with Crippen LogP contribution in [-0.4, -0.2) is 6.04 Å². The zero-order chi connectivity index (χ0) is 10.4. The summed E-state index contributed by atoms with van der Waals surface area (Å²) < 4.78 is 0. The summed E-state index contributed by atoms with van der Waals surface area (Å²) in [6, 6.07) is 9.19. The van der Waals surface area contributed by atoms with E-state index in [1.807, 2.05) is 19.1 Å². The van der Waals surface area contributed by atoms with E-state index >= 15 is 0 Å². The van der Waals surface area contributed by atoms with E-state index in [1.54, 1.807) is 12.1 Å². The lowest BCUT2D eigenvalue weighted by atomic mass is 10.1. The highest BCUT2D eigenvalue weighted by Gasteiger charge is 1.92. The molecule has 0 aromatic heterocycles. The average Bonchev–Trinajstić information content (AvgIpc) is 2.26. The van der Waals surface area contributed by atoms with Crippen LogP contribution in [-0.2, 0) is 0 Å². The van der Waals surface area contributed by atoms with E-state index in [9.17, 15) is 0 Å². The molecule has 2 N–H and O–H groups in total. The topological polar surface area (TPSA) is 49.8 Å². The molecule has 0 fully saturated rings. The number of hydrogen-bond donors (Lipinski definition) is 1. The molecule has 0 saturated heterocycles. The van der Waals surface area contributed by atoms with Crippen LogP contribution in [0.5, 0.6) is 0 Å². The Morgan fingerprint density at radius 2 is 2.14 bits per heavy atom. The number of rotatable bonds is 1. The van der Waals surface area contributed by atoms with Crippen LogP contribution in [0, 0.1) is 23.2 Å². The maximum Gasteiger partial charge on any atom is 0.0992 e. The molecule has 0 aliphatic carbocycles. The number of nitriles is 1. The molecule has 0 aliphatic rings. The fourth-order valence-electron chi connectivity index (χ4n) is 0.945. The second-order valence-electron chi connectivity index (χ2n) is 2.98. The van der Waals surface area contributed by atoms with Gasteiger partial charge in [-0.3, -0.25) is 0 Å². The van der Waals surface area contributed by atoms with Crippen LogP contribution >= 0.6 is 0 Å². The minimum atomic E-state index is -0.0826. The Kier molecular flexibility index (Phi) is 3.73. The van der Waals surface area contributed by atoms with Crippen molar-refractivity contribution in [2.75, 3.05) is 0 Å². The second kappa shape index (κ2) is 5.07. The Morgan fingerprint density at radius 3 is 2.79 bits per heavy atom. The number of hydrogen-bond acceptors (Lipinski definition) is 2. The summed E-state index contributed by atoms with van der Waals surface area (Å²) in [6.45, 7) is 1.99. The summed E-state index contributed by atoms with van der Waals surface area (Å²) in [5.41, 5.74) is 7.12. The first-order valence-electron chi connectivity index (χ1n) is 4.53. The van der Waals surface area contributed by atoms with Crippen molar-refractivity contribution < 1.29 is 0 Å². The standard InChI is InChI=1S/C12H12N2/c1-2-12(14)7-6-10-4-3-5-11(8-10)9-13/h3-5,8,12H,2,14H2,1H3. The fourth-order valence-corrected chi connectivity index (χ4v) is 0.945. The largest absolute Gasteiger partial charge is 0.318 e. The van der Waals surface area contributed by atoms with Gasteiger partial charge in [0.25, 0.3) is 0 Å². The van der Waals surface area contributed by atoms with Gasteiger partial charge in [0, 0.05) is 5.56 Å². The van der Waals surface area contributed by atoms with Crippen molar-refractivity contribution in [1.29, 1.82) is 5.26 Å². The lowest BCUT2D eigenvalue weighted by molar-refractivity contribution is 0.806. The van der Waals surface area contributed by atoms with Crippen LogP contribution in [0.4, 0.5) is 0 Å². The SMILES string of the molecule is CCC(N)C#Cc1cccc(C#N)c1. The molecular weight excluding hydrogens is 172 g/mol. The third-order valence-electron chi connectivity index (χ3n) is 1.83. The molecule has 1 atom stereocenters. The lowest BCUT2D eigenvalue weighted by Gasteiger charge is -1.95. The van der Waals surface area contributed by atoms with Gasteiger partial charge in [-0.1, -0.05) is 24.8 Å². The molecule has 0 heterocycles. The van der Waals surface area contributed by atoms with Crippen LogP contribution < -0.4 is 5.73 Å². The van der Waals surface area contributed by atoms with Gasteiger partial charge in [-0.15, -0.1) is 0 Å². The van der Waals surface area contributed by atoms with Gasteiger partial charge in [-0.05, 0) is 24.6 Å². The lowest BCUT2D eigenvalue weighted by Crippen LogP contribution is -2.15. The molecule has 1 aromatic carbocycles. The van der Waals surface area contributed by atoms with Crippen molar-refractivity contribution in [2.45, 2.75) is 19.4 Å². The molecule has 0 saturated carbocycles. The Hall–Kier alpha value is -1.77. The molecule has 0 aliphatic heterocycles. The van der Waals surface area contributed by atoms with Gasteiger partial charge in [0.05, 0.1) is 17.7 Å². The minimum absolute atomic E-state index is 0.0826. The summed E-state index contributed by atoms with van der Waals surface area (Å²) in [5, 5.41) is 8.66. The molecule has 0 spiro atoms. The van der Waals surface area contributed by atoms with Crippen molar-refractivity contribution >= 4 is 0 Å². The first kappa shape index (κ1) is 10.3. The van der Waals surface area contributed by atoms with E-state index < -0.39 is 0 Å². The molecular formula is C12H12N2. The highest BCUT2D eigenvalue weighted by molar-refractivity contribution is 5.41. The summed E-state index contributed by atoms with van der Waals surface area (Å²) >= 11 is 0. The van der Waals surface area contributed by atoms with E-state index in [1.165, 1.54) is 0 Å². The van der Waals surface area contributed by atoms with Crippen molar-refractivity contribution in [3.8, 4) is 17.9 Å². The van der Waals surface area contributed by atoms with Crippen molar-refractivity contribution in [1.82, 2.24) is 0 Å². The molecule has 2 heteroatoms. The normalized spacial score (nSPS) is 10.9. The van der Waals surface area contributed by atoms with Gasteiger partial charge in [0.15, 0.2) is 0 Å². The predicted octanol–water partition coefficient (Wildman–Crippen LogP) is 1.65. The average molecular weight is 184 g/mol. The van der Waals surface area contributed by atoms with Crippen molar-refractivity contribution in [3.63, 3.8) is 0 Å². The quantitative estimate of drug-likeness (QED) is 0.674.